The molecule has 2 aromatic rings. The molecule has 1 aromatic carbocycles. The van der Waals surface area contributed by atoms with Gasteiger partial charge in [-0.3, -0.25) is 15.2 Å². The number of ether oxygens (including phenoxy) is 2. The smallest absolute Gasteiger partial charge is 0.411 e. The van der Waals surface area contributed by atoms with E-state index in [1.807, 2.05) is 49.6 Å². The molecule has 0 unspecified atom stereocenters. The molecule has 2 heterocycles. The summed E-state index contributed by atoms with van der Waals surface area (Å²) in [6.45, 7) is 7.79. The number of benzene rings is 1. The number of hydrogen-bond acceptors (Lipinski definition) is 6. The van der Waals surface area contributed by atoms with Crippen LogP contribution in [0.25, 0.3) is 0 Å². The summed E-state index contributed by atoms with van der Waals surface area (Å²) in [5.41, 5.74) is 1.85. The fraction of sp³-hybridized carbons (Fsp3) is 0.429. The van der Waals surface area contributed by atoms with E-state index in [0.29, 0.717) is 24.7 Å². The molecule has 1 aliphatic rings. The lowest BCUT2D eigenvalue weighted by Crippen LogP contribution is -2.46. The Morgan fingerprint density at radius 1 is 1.11 bits per heavy atom. The van der Waals surface area contributed by atoms with Gasteiger partial charge < -0.3 is 14.4 Å². The van der Waals surface area contributed by atoms with Crippen molar-refractivity contribution in [1.29, 1.82) is 0 Å². The Bertz CT molecular complexity index is 733. The molecular formula is C21H28N4O3. The van der Waals surface area contributed by atoms with Gasteiger partial charge in [0.2, 0.25) is 0 Å². The molecule has 1 N–H and O–H groups in total. The van der Waals surface area contributed by atoms with Crippen molar-refractivity contribution in [2.75, 3.05) is 56.2 Å². The summed E-state index contributed by atoms with van der Waals surface area (Å²) in [4.78, 5) is 20.9. The standard InChI is InChI=1S/C21H28N4O3/c1-2-27-20-7-4-3-6-19(20)23-21(26)28-17-5-12-24-13-15-25(16-14-24)18-8-10-22-11-9-18/h3-4,6-11H,2,5,12-17H2,1H3,(H,23,26). The topological polar surface area (TPSA) is 66.9 Å². The van der Waals surface area contributed by atoms with Gasteiger partial charge in [0.25, 0.3) is 0 Å². The minimum atomic E-state index is -0.449. The summed E-state index contributed by atoms with van der Waals surface area (Å²) in [6.07, 6.45) is 4.03. The predicted molar refractivity (Wildman–Crippen MR) is 110 cm³/mol. The highest BCUT2D eigenvalue weighted by Gasteiger charge is 2.17. The van der Waals surface area contributed by atoms with Crippen molar-refractivity contribution in [3.63, 3.8) is 0 Å². The fourth-order valence-corrected chi connectivity index (χ4v) is 3.23. The number of nitrogens with one attached hydrogen (secondary N) is 1. The van der Waals surface area contributed by atoms with E-state index in [-0.39, 0.29) is 0 Å². The molecule has 0 bridgehead atoms. The maximum absolute atomic E-state index is 12.0. The van der Waals surface area contributed by atoms with E-state index in [9.17, 15) is 4.79 Å². The van der Waals surface area contributed by atoms with E-state index >= 15 is 0 Å². The lowest BCUT2D eigenvalue weighted by molar-refractivity contribution is 0.151. The maximum atomic E-state index is 12.0. The van der Waals surface area contributed by atoms with Gasteiger partial charge in [-0.05, 0) is 37.6 Å². The molecule has 1 aliphatic heterocycles. The molecule has 0 atom stereocenters. The van der Waals surface area contributed by atoms with Crippen LogP contribution < -0.4 is 15.0 Å². The van der Waals surface area contributed by atoms with Crippen molar-refractivity contribution in [3.05, 3.63) is 48.8 Å². The summed E-state index contributed by atoms with van der Waals surface area (Å²) < 4.78 is 10.8. The zero-order valence-electron chi connectivity index (χ0n) is 16.3. The van der Waals surface area contributed by atoms with Crippen LogP contribution in [0.3, 0.4) is 0 Å². The van der Waals surface area contributed by atoms with Gasteiger partial charge in [-0.2, -0.15) is 0 Å². The summed E-state index contributed by atoms with van der Waals surface area (Å²) in [5.74, 6) is 0.647. The van der Waals surface area contributed by atoms with E-state index in [2.05, 4.69) is 20.1 Å². The van der Waals surface area contributed by atoms with Crippen LogP contribution in [0.1, 0.15) is 13.3 Å². The first-order valence-corrected chi connectivity index (χ1v) is 9.79. The Morgan fingerprint density at radius 2 is 1.86 bits per heavy atom. The van der Waals surface area contributed by atoms with E-state index in [1.54, 1.807) is 6.07 Å². The normalized spacial score (nSPS) is 14.5. The van der Waals surface area contributed by atoms with Crippen molar-refractivity contribution in [2.24, 2.45) is 0 Å². The van der Waals surface area contributed by atoms with Crippen molar-refractivity contribution in [1.82, 2.24) is 9.88 Å². The van der Waals surface area contributed by atoms with Gasteiger partial charge in [0, 0.05) is 50.8 Å². The van der Waals surface area contributed by atoms with E-state index in [4.69, 9.17) is 9.47 Å². The lowest BCUT2D eigenvalue weighted by atomic mass is 10.2. The number of carbonyl (C=O) groups is 1. The second kappa shape index (κ2) is 10.5. The van der Waals surface area contributed by atoms with Gasteiger partial charge in [0.05, 0.1) is 18.9 Å². The van der Waals surface area contributed by atoms with Crippen LogP contribution in [0.4, 0.5) is 16.2 Å². The summed E-state index contributed by atoms with van der Waals surface area (Å²) in [5, 5.41) is 2.75. The van der Waals surface area contributed by atoms with Gasteiger partial charge in [0.1, 0.15) is 5.75 Å². The van der Waals surface area contributed by atoms with Gasteiger partial charge in [0.15, 0.2) is 0 Å². The average Bonchev–Trinajstić information content (AvgIpc) is 2.74. The number of anilines is 2. The first-order chi connectivity index (χ1) is 13.8. The van der Waals surface area contributed by atoms with Gasteiger partial charge in [-0.15, -0.1) is 0 Å². The Hall–Kier alpha value is -2.80. The van der Waals surface area contributed by atoms with Crippen LogP contribution in [0, 0.1) is 0 Å². The summed E-state index contributed by atoms with van der Waals surface area (Å²) >= 11 is 0. The lowest BCUT2D eigenvalue weighted by Gasteiger charge is -2.36. The molecule has 0 aliphatic carbocycles. The van der Waals surface area contributed by atoms with Crippen LogP contribution in [0.5, 0.6) is 5.75 Å². The third kappa shape index (κ3) is 5.85. The second-order valence-electron chi connectivity index (χ2n) is 6.58. The van der Waals surface area contributed by atoms with E-state index < -0.39 is 6.09 Å². The number of piperazine rings is 1. The predicted octanol–water partition coefficient (Wildman–Crippen LogP) is 3.24. The number of aromatic nitrogens is 1. The molecule has 7 heteroatoms. The minimum Gasteiger partial charge on any atom is -0.492 e. The van der Waals surface area contributed by atoms with Crippen LogP contribution in [0.2, 0.25) is 0 Å². The van der Waals surface area contributed by atoms with Gasteiger partial charge in [-0.25, -0.2) is 4.79 Å². The third-order valence-corrected chi connectivity index (χ3v) is 4.68. The molecule has 28 heavy (non-hydrogen) atoms. The largest absolute Gasteiger partial charge is 0.492 e. The number of nitrogens with zero attached hydrogens (tertiary/aromatic N) is 3. The Kier molecular flexibility index (Phi) is 7.49. The molecule has 1 saturated heterocycles. The number of carbonyl (C=O) groups excluding carboxylic acids is 1. The molecule has 0 radical (unpaired) electrons. The summed E-state index contributed by atoms with van der Waals surface area (Å²) in [6, 6.07) is 11.4. The SMILES string of the molecule is CCOc1ccccc1NC(=O)OCCCN1CCN(c2ccncc2)CC1. The van der Waals surface area contributed by atoms with Crippen LogP contribution >= 0.6 is 0 Å². The zero-order valence-corrected chi connectivity index (χ0v) is 16.3. The molecule has 150 valence electrons. The van der Waals surface area contributed by atoms with Crippen molar-refractivity contribution < 1.29 is 14.3 Å². The van der Waals surface area contributed by atoms with Crippen molar-refractivity contribution >= 4 is 17.5 Å². The van der Waals surface area contributed by atoms with Gasteiger partial charge in [-0.1, -0.05) is 12.1 Å². The molecule has 0 saturated carbocycles. The molecule has 0 spiro atoms. The van der Waals surface area contributed by atoms with Crippen molar-refractivity contribution in [3.8, 4) is 5.75 Å². The number of para-hydroxylation sites is 2. The first-order valence-electron chi connectivity index (χ1n) is 9.79. The fourth-order valence-electron chi connectivity index (χ4n) is 3.23. The van der Waals surface area contributed by atoms with E-state index in [0.717, 1.165) is 39.1 Å². The number of pyridine rings is 1. The third-order valence-electron chi connectivity index (χ3n) is 4.68. The highest BCUT2D eigenvalue weighted by atomic mass is 16.5. The van der Waals surface area contributed by atoms with Crippen LogP contribution in [0.15, 0.2) is 48.8 Å². The molecule has 1 aromatic heterocycles. The monoisotopic (exact) mass is 384 g/mol. The summed E-state index contributed by atoms with van der Waals surface area (Å²) in [7, 11) is 0. The highest BCUT2D eigenvalue weighted by Crippen LogP contribution is 2.23. The molecule has 1 fully saturated rings. The van der Waals surface area contributed by atoms with E-state index in [1.165, 1.54) is 5.69 Å². The quantitative estimate of drug-likeness (QED) is 0.705. The Labute approximate surface area is 166 Å². The Morgan fingerprint density at radius 3 is 2.61 bits per heavy atom. The Balaban J connectivity index is 1.32. The molecular weight excluding hydrogens is 356 g/mol. The molecule has 1 amide bonds. The zero-order chi connectivity index (χ0) is 19.6. The number of rotatable bonds is 8. The molecule has 3 rings (SSSR count). The van der Waals surface area contributed by atoms with Crippen LogP contribution in [-0.4, -0.2) is 61.9 Å². The van der Waals surface area contributed by atoms with Gasteiger partial charge >= 0.3 is 6.09 Å². The highest BCUT2D eigenvalue weighted by molar-refractivity contribution is 5.86. The van der Waals surface area contributed by atoms with Crippen LogP contribution in [-0.2, 0) is 4.74 Å². The minimum absolute atomic E-state index is 0.396. The number of amides is 1. The maximum Gasteiger partial charge on any atom is 0.411 e. The van der Waals surface area contributed by atoms with Crippen molar-refractivity contribution in [2.45, 2.75) is 13.3 Å². The average molecular weight is 384 g/mol. The number of hydrogen-bond donors (Lipinski definition) is 1. The molecule has 7 nitrogen and oxygen atoms in total. The second-order valence-corrected chi connectivity index (χ2v) is 6.58. The first kappa shape index (κ1) is 19.9.